The van der Waals surface area contributed by atoms with Crippen LogP contribution >= 0.6 is 11.6 Å². The minimum atomic E-state index is -3.58. The van der Waals surface area contributed by atoms with E-state index >= 15 is 0 Å². The SMILES string of the molecule is CCC(C(=O)NC(C)C)N(Cc1ccc(OC)cc1)C(=O)CCCN(c1cccc(Cl)c1)S(C)(=O)=O. The summed E-state index contributed by atoms with van der Waals surface area (Å²) < 4.78 is 31.3. The quantitative estimate of drug-likeness (QED) is 0.412. The highest BCUT2D eigenvalue weighted by Gasteiger charge is 2.29. The molecule has 2 amide bonds. The van der Waals surface area contributed by atoms with Crippen LogP contribution in [0.15, 0.2) is 48.5 Å². The zero-order valence-electron chi connectivity index (χ0n) is 21.5. The van der Waals surface area contributed by atoms with Gasteiger partial charge >= 0.3 is 0 Å². The minimum Gasteiger partial charge on any atom is -0.497 e. The highest BCUT2D eigenvalue weighted by Crippen LogP contribution is 2.23. The van der Waals surface area contributed by atoms with Crippen molar-refractivity contribution in [3.05, 3.63) is 59.1 Å². The second-order valence-corrected chi connectivity index (χ2v) is 11.2. The van der Waals surface area contributed by atoms with Crippen molar-refractivity contribution in [2.24, 2.45) is 0 Å². The Bertz CT molecular complexity index is 1120. The van der Waals surface area contributed by atoms with Crippen molar-refractivity contribution in [2.45, 2.75) is 58.7 Å². The molecule has 2 aromatic carbocycles. The van der Waals surface area contributed by atoms with Crippen molar-refractivity contribution in [1.82, 2.24) is 10.2 Å². The summed E-state index contributed by atoms with van der Waals surface area (Å²) >= 11 is 6.05. The van der Waals surface area contributed by atoms with E-state index in [2.05, 4.69) is 5.32 Å². The Labute approximate surface area is 219 Å². The predicted molar refractivity (Wildman–Crippen MR) is 144 cm³/mol. The van der Waals surface area contributed by atoms with Crippen LogP contribution in [0.25, 0.3) is 0 Å². The average Bonchev–Trinajstić information content (AvgIpc) is 2.80. The molecule has 2 rings (SSSR count). The highest BCUT2D eigenvalue weighted by atomic mass is 35.5. The number of anilines is 1. The second-order valence-electron chi connectivity index (χ2n) is 8.88. The van der Waals surface area contributed by atoms with Crippen molar-refractivity contribution in [3.63, 3.8) is 0 Å². The molecule has 0 aliphatic heterocycles. The van der Waals surface area contributed by atoms with Gasteiger partial charge in [-0.3, -0.25) is 13.9 Å². The molecule has 1 atom stereocenters. The number of methoxy groups -OCH3 is 1. The summed E-state index contributed by atoms with van der Waals surface area (Å²) in [6.45, 7) is 5.96. The molecule has 1 N–H and O–H groups in total. The molecular weight excluding hydrogens is 502 g/mol. The Hall–Kier alpha value is -2.78. The summed E-state index contributed by atoms with van der Waals surface area (Å²) in [5.41, 5.74) is 1.30. The van der Waals surface area contributed by atoms with Gasteiger partial charge < -0.3 is 15.0 Å². The Balaban J connectivity index is 2.22. The van der Waals surface area contributed by atoms with E-state index in [1.54, 1.807) is 36.3 Å². The van der Waals surface area contributed by atoms with Crippen LogP contribution in [-0.2, 0) is 26.2 Å². The van der Waals surface area contributed by atoms with Crippen LogP contribution in [-0.4, -0.2) is 57.1 Å². The third-order valence-electron chi connectivity index (χ3n) is 5.58. The van der Waals surface area contributed by atoms with Gasteiger partial charge in [0.2, 0.25) is 21.8 Å². The lowest BCUT2D eigenvalue weighted by Crippen LogP contribution is -2.50. The zero-order chi connectivity index (χ0) is 26.9. The molecule has 0 fully saturated rings. The minimum absolute atomic E-state index is 0.0643. The van der Waals surface area contributed by atoms with Crippen LogP contribution in [0.5, 0.6) is 5.75 Å². The van der Waals surface area contributed by atoms with Crippen LogP contribution < -0.4 is 14.4 Å². The van der Waals surface area contributed by atoms with E-state index in [1.807, 2.05) is 45.0 Å². The molecule has 2 aromatic rings. The van der Waals surface area contributed by atoms with E-state index in [0.717, 1.165) is 11.8 Å². The van der Waals surface area contributed by atoms with Gasteiger partial charge in [0.1, 0.15) is 11.8 Å². The van der Waals surface area contributed by atoms with Gasteiger partial charge in [0.15, 0.2) is 0 Å². The van der Waals surface area contributed by atoms with Gasteiger partial charge in [0.05, 0.1) is 19.1 Å². The number of amides is 2. The fourth-order valence-electron chi connectivity index (χ4n) is 3.86. The summed E-state index contributed by atoms with van der Waals surface area (Å²) in [7, 11) is -2.00. The van der Waals surface area contributed by atoms with Crippen molar-refractivity contribution in [1.29, 1.82) is 0 Å². The van der Waals surface area contributed by atoms with E-state index in [0.29, 0.717) is 22.9 Å². The molecule has 0 aromatic heterocycles. The van der Waals surface area contributed by atoms with Crippen LogP contribution in [0.3, 0.4) is 0 Å². The van der Waals surface area contributed by atoms with Gasteiger partial charge in [-0.2, -0.15) is 0 Å². The molecule has 36 heavy (non-hydrogen) atoms. The van der Waals surface area contributed by atoms with Crippen LogP contribution in [0.2, 0.25) is 5.02 Å². The fraction of sp³-hybridized carbons (Fsp3) is 0.462. The predicted octanol–water partition coefficient (Wildman–Crippen LogP) is 4.23. The van der Waals surface area contributed by atoms with Crippen LogP contribution in [0, 0.1) is 0 Å². The molecule has 0 bridgehead atoms. The molecule has 0 saturated carbocycles. The number of rotatable bonds is 13. The first-order valence-corrected chi connectivity index (χ1v) is 14.1. The number of carbonyl (C=O) groups is 2. The Morgan fingerprint density at radius 2 is 1.78 bits per heavy atom. The normalized spacial score (nSPS) is 12.2. The highest BCUT2D eigenvalue weighted by molar-refractivity contribution is 7.92. The summed E-state index contributed by atoms with van der Waals surface area (Å²) in [6, 6.07) is 13.2. The first-order valence-electron chi connectivity index (χ1n) is 11.9. The lowest BCUT2D eigenvalue weighted by atomic mass is 10.1. The number of nitrogens with one attached hydrogen (secondary N) is 1. The van der Waals surface area contributed by atoms with E-state index in [4.69, 9.17) is 16.3 Å². The largest absolute Gasteiger partial charge is 0.497 e. The number of sulfonamides is 1. The third-order valence-corrected chi connectivity index (χ3v) is 7.01. The van der Waals surface area contributed by atoms with E-state index in [1.165, 1.54) is 4.31 Å². The number of benzene rings is 2. The molecule has 0 spiro atoms. The number of nitrogens with zero attached hydrogens (tertiary/aromatic N) is 2. The molecular formula is C26H36ClN3O5S. The Morgan fingerprint density at radius 3 is 2.31 bits per heavy atom. The lowest BCUT2D eigenvalue weighted by Gasteiger charge is -2.31. The summed E-state index contributed by atoms with van der Waals surface area (Å²) in [4.78, 5) is 27.9. The molecule has 198 valence electrons. The summed E-state index contributed by atoms with van der Waals surface area (Å²) in [6.07, 6.45) is 1.92. The Kier molecular flexibility index (Phi) is 11.0. The van der Waals surface area contributed by atoms with Gasteiger partial charge in [-0.15, -0.1) is 0 Å². The van der Waals surface area contributed by atoms with Crippen molar-refractivity contribution in [2.75, 3.05) is 24.2 Å². The molecule has 8 nitrogen and oxygen atoms in total. The zero-order valence-corrected chi connectivity index (χ0v) is 23.1. The molecule has 0 aliphatic rings. The van der Waals surface area contributed by atoms with E-state index in [-0.39, 0.29) is 43.8 Å². The third kappa shape index (κ3) is 8.71. The number of ether oxygens (including phenoxy) is 1. The van der Waals surface area contributed by atoms with Crippen LogP contribution in [0.1, 0.15) is 45.6 Å². The van der Waals surface area contributed by atoms with Gasteiger partial charge in [-0.1, -0.05) is 36.7 Å². The first kappa shape index (κ1) is 29.5. The van der Waals surface area contributed by atoms with Crippen molar-refractivity contribution >= 4 is 39.1 Å². The van der Waals surface area contributed by atoms with Gasteiger partial charge in [0.25, 0.3) is 0 Å². The number of halogens is 1. The van der Waals surface area contributed by atoms with Gasteiger partial charge in [0, 0.05) is 30.6 Å². The molecule has 0 heterocycles. The van der Waals surface area contributed by atoms with Crippen LogP contribution in [0.4, 0.5) is 5.69 Å². The van der Waals surface area contributed by atoms with Gasteiger partial charge in [-0.25, -0.2) is 8.42 Å². The maximum atomic E-state index is 13.4. The smallest absolute Gasteiger partial charge is 0.243 e. The monoisotopic (exact) mass is 537 g/mol. The van der Waals surface area contributed by atoms with E-state index < -0.39 is 16.1 Å². The lowest BCUT2D eigenvalue weighted by molar-refractivity contribution is -0.141. The maximum Gasteiger partial charge on any atom is 0.243 e. The summed E-state index contributed by atoms with van der Waals surface area (Å²) in [5.74, 6) is 0.255. The Morgan fingerprint density at radius 1 is 1.11 bits per heavy atom. The van der Waals surface area contributed by atoms with Gasteiger partial charge in [-0.05, 0) is 62.6 Å². The van der Waals surface area contributed by atoms with Crippen molar-refractivity contribution in [3.8, 4) is 5.75 Å². The fourth-order valence-corrected chi connectivity index (χ4v) is 5.00. The number of hydrogen-bond donors (Lipinski definition) is 1. The maximum absolute atomic E-state index is 13.4. The molecule has 0 radical (unpaired) electrons. The number of hydrogen-bond acceptors (Lipinski definition) is 5. The second kappa shape index (κ2) is 13.5. The first-order chi connectivity index (χ1) is 17.0. The average molecular weight is 538 g/mol. The molecule has 0 aliphatic carbocycles. The molecule has 1 unspecified atom stereocenters. The summed E-state index contributed by atoms with van der Waals surface area (Å²) in [5, 5.41) is 3.32. The molecule has 0 saturated heterocycles. The molecule has 10 heteroatoms. The topological polar surface area (TPSA) is 96.0 Å². The van der Waals surface area contributed by atoms with E-state index in [9.17, 15) is 18.0 Å². The number of carbonyl (C=O) groups excluding carboxylic acids is 2. The van der Waals surface area contributed by atoms with Crippen molar-refractivity contribution < 1.29 is 22.7 Å². The standard InChI is InChI=1S/C26H36ClN3O5S/c1-6-24(26(32)28-19(2)3)29(18-20-12-14-23(35-4)15-13-20)25(31)11-8-16-30(36(5,33)34)22-10-7-9-21(27)17-22/h7,9-10,12-15,17,19,24H,6,8,11,16,18H2,1-5H3,(H,28,32).